The summed E-state index contributed by atoms with van der Waals surface area (Å²) in [6.45, 7) is 8.39. The smallest absolute Gasteiger partial charge is 0.311 e. The molecule has 3 atom stereocenters. The summed E-state index contributed by atoms with van der Waals surface area (Å²) in [6, 6.07) is 0. The SMILES string of the molecule is [2H]NCCOC(=O)C(C)(CCCC(CC)C(N)=O)CCCC(CCC)C(=O)NCCNC(C)=O. The van der Waals surface area contributed by atoms with E-state index in [0.29, 0.717) is 58.0 Å². The van der Waals surface area contributed by atoms with Gasteiger partial charge in [0.2, 0.25) is 17.7 Å². The van der Waals surface area contributed by atoms with Crippen LogP contribution >= 0.6 is 0 Å². The normalized spacial score (nSPS) is 15.0. The Morgan fingerprint density at radius 1 is 1.00 bits per heavy atom. The molecule has 0 aromatic rings. The lowest BCUT2D eigenvalue weighted by Gasteiger charge is -2.28. The molecule has 0 aliphatic heterocycles. The molecular formula is C24H46N4O5. The summed E-state index contributed by atoms with van der Waals surface area (Å²) in [4.78, 5) is 48.0. The molecule has 0 aliphatic carbocycles. The maximum atomic E-state index is 12.9. The number of ether oxygens (including phenoxy) is 1. The van der Waals surface area contributed by atoms with Gasteiger partial charge in [-0.1, -0.05) is 33.1 Å². The van der Waals surface area contributed by atoms with Gasteiger partial charge in [0.25, 0.3) is 0 Å². The second kappa shape index (κ2) is 17.3. The van der Waals surface area contributed by atoms with Crippen molar-refractivity contribution in [3.8, 4) is 0 Å². The number of esters is 1. The van der Waals surface area contributed by atoms with Crippen LogP contribution in [0.1, 0.15) is 85.5 Å². The van der Waals surface area contributed by atoms with Gasteiger partial charge in [0.05, 0.1) is 5.41 Å². The monoisotopic (exact) mass is 471 g/mol. The molecule has 0 spiro atoms. The Labute approximate surface area is 200 Å². The topological polar surface area (TPSA) is 154 Å². The number of nitrogens with one attached hydrogen (secondary N) is 2. The van der Waals surface area contributed by atoms with Crippen LogP contribution in [0, 0.1) is 17.3 Å². The third kappa shape index (κ3) is 13.2. The second-order valence-corrected chi connectivity index (χ2v) is 9.00. The van der Waals surface area contributed by atoms with Crippen molar-refractivity contribution in [3.05, 3.63) is 0 Å². The van der Waals surface area contributed by atoms with Crippen molar-refractivity contribution in [2.45, 2.75) is 85.5 Å². The lowest BCUT2D eigenvalue weighted by molar-refractivity contribution is -0.155. The number of primary amides is 1. The highest BCUT2D eigenvalue weighted by Gasteiger charge is 2.34. The van der Waals surface area contributed by atoms with Crippen molar-refractivity contribution in [1.29, 1.82) is 0 Å². The van der Waals surface area contributed by atoms with Crippen molar-refractivity contribution >= 4 is 23.7 Å². The van der Waals surface area contributed by atoms with Crippen LogP contribution in [0.5, 0.6) is 0 Å². The van der Waals surface area contributed by atoms with E-state index in [-0.39, 0.29) is 48.7 Å². The number of amides is 3. The molecule has 6 N–H and O–H groups in total. The van der Waals surface area contributed by atoms with Crippen molar-refractivity contribution in [2.75, 3.05) is 26.2 Å². The molecule has 0 radical (unpaired) electrons. The lowest BCUT2D eigenvalue weighted by atomic mass is 9.78. The first-order valence-electron chi connectivity index (χ1n) is 12.7. The third-order valence-electron chi connectivity index (χ3n) is 6.09. The van der Waals surface area contributed by atoms with Gasteiger partial charge in [-0.2, -0.15) is 0 Å². The standard InChI is InChI=1S/C24H46N4O5/c1-5-9-20(22(31)28-16-15-27-18(3)29)11-8-13-24(4,23(32)33-17-14-25)12-7-10-19(6-2)21(26)30/h19-20H,5-17,25H2,1-4H3,(H2,26,30)(H,27,29)(H,28,31)/i/hD. The van der Waals surface area contributed by atoms with Gasteiger partial charge in [-0.05, 0) is 45.4 Å². The van der Waals surface area contributed by atoms with Gasteiger partial charge < -0.3 is 26.8 Å². The van der Waals surface area contributed by atoms with Crippen molar-refractivity contribution in [1.82, 2.24) is 10.6 Å². The molecule has 0 aromatic heterocycles. The van der Waals surface area contributed by atoms with E-state index in [2.05, 4.69) is 16.4 Å². The molecule has 3 unspecified atom stereocenters. The van der Waals surface area contributed by atoms with E-state index >= 15 is 0 Å². The molecule has 33 heavy (non-hydrogen) atoms. The van der Waals surface area contributed by atoms with Crippen molar-refractivity contribution in [2.24, 2.45) is 28.7 Å². The first kappa shape index (κ1) is 28.9. The fourth-order valence-corrected chi connectivity index (χ4v) is 4.00. The summed E-state index contributed by atoms with van der Waals surface area (Å²) in [5.74, 6) is -1.17. The minimum Gasteiger partial charge on any atom is -0.464 e. The molecule has 0 fully saturated rings. The Hall–Kier alpha value is -2.16. The number of nitrogens with two attached hydrogens (primary N) is 2. The van der Waals surface area contributed by atoms with Crippen LogP contribution < -0.4 is 22.1 Å². The fourth-order valence-electron chi connectivity index (χ4n) is 4.00. The second-order valence-electron chi connectivity index (χ2n) is 9.00. The molecule has 0 heterocycles. The highest BCUT2D eigenvalue weighted by atomic mass is 16.5. The van der Waals surface area contributed by atoms with E-state index in [9.17, 15) is 19.2 Å². The molecule has 0 saturated carbocycles. The van der Waals surface area contributed by atoms with Gasteiger partial charge in [-0.15, -0.1) is 0 Å². The third-order valence-corrected chi connectivity index (χ3v) is 6.09. The molecule has 0 aliphatic rings. The van der Waals surface area contributed by atoms with Gasteiger partial charge >= 0.3 is 5.97 Å². The van der Waals surface area contributed by atoms with Crippen LogP contribution in [0.25, 0.3) is 0 Å². The Morgan fingerprint density at radius 2 is 1.61 bits per heavy atom. The number of hydrogen-bond donors (Lipinski definition) is 4. The Kier molecular flexibility index (Phi) is 15.2. The minimum atomic E-state index is -0.739. The summed E-state index contributed by atoms with van der Waals surface area (Å²) in [5, 5.41) is 5.53. The van der Waals surface area contributed by atoms with Gasteiger partial charge in [0, 0.05) is 38.4 Å². The average molecular weight is 472 g/mol. The maximum Gasteiger partial charge on any atom is 0.311 e. The van der Waals surface area contributed by atoms with Crippen LogP contribution in [0.3, 0.4) is 0 Å². The van der Waals surface area contributed by atoms with Gasteiger partial charge in [0.15, 0.2) is 0 Å². The van der Waals surface area contributed by atoms with Crippen molar-refractivity contribution < 1.29 is 25.3 Å². The summed E-state index contributed by atoms with van der Waals surface area (Å²) in [5.41, 5.74) is 6.93. The predicted molar refractivity (Wildman–Crippen MR) is 129 cm³/mol. The molecule has 192 valence electrons. The van der Waals surface area contributed by atoms with Crippen LogP contribution in [0.2, 0.25) is 1.41 Å². The maximum absolute atomic E-state index is 12.9. The van der Waals surface area contributed by atoms with E-state index in [4.69, 9.17) is 11.9 Å². The Balaban J connectivity index is 4.97. The zero-order valence-electron chi connectivity index (χ0n) is 22.0. The van der Waals surface area contributed by atoms with Crippen LogP contribution in [0.4, 0.5) is 0 Å². The van der Waals surface area contributed by atoms with E-state index in [1.165, 1.54) is 6.92 Å². The van der Waals surface area contributed by atoms with Gasteiger partial charge in [-0.3, -0.25) is 19.2 Å². The zero-order chi connectivity index (χ0) is 26.0. The molecule has 9 nitrogen and oxygen atoms in total. The fraction of sp³-hybridized carbons (Fsp3) is 0.833. The highest BCUT2D eigenvalue weighted by molar-refractivity contribution is 5.79. The molecule has 0 rings (SSSR count). The molecular weight excluding hydrogens is 424 g/mol. The van der Waals surface area contributed by atoms with Crippen LogP contribution in [0.15, 0.2) is 0 Å². The molecule has 0 aromatic carbocycles. The van der Waals surface area contributed by atoms with E-state index in [1.807, 2.05) is 20.8 Å². The molecule has 0 bridgehead atoms. The Morgan fingerprint density at radius 3 is 2.12 bits per heavy atom. The summed E-state index contributed by atoms with van der Waals surface area (Å²) < 4.78 is 12.4. The minimum absolute atomic E-state index is 0.0368. The quantitative estimate of drug-likeness (QED) is 0.157. The van der Waals surface area contributed by atoms with Crippen molar-refractivity contribution in [3.63, 3.8) is 0 Å². The van der Waals surface area contributed by atoms with Gasteiger partial charge in [0.1, 0.15) is 8.02 Å². The number of rotatable bonds is 20. The molecule has 0 saturated heterocycles. The number of hydrogen-bond acceptors (Lipinski definition) is 6. The number of carbonyl (C=O) groups excluding carboxylic acids is 4. The highest BCUT2D eigenvalue weighted by Crippen LogP contribution is 2.34. The summed E-state index contributed by atoms with van der Waals surface area (Å²) in [7, 11) is 0. The van der Waals surface area contributed by atoms with E-state index < -0.39 is 5.41 Å². The largest absolute Gasteiger partial charge is 0.464 e. The predicted octanol–water partition coefficient (Wildman–Crippen LogP) is 2.02. The lowest BCUT2D eigenvalue weighted by Crippen LogP contribution is -2.37. The van der Waals surface area contributed by atoms with Crippen LogP contribution in [-0.2, 0) is 23.9 Å². The number of carbonyl (C=O) groups is 4. The summed E-state index contributed by atoms with van der Waals surface area (Å²) in [6.07, 6.45) is 6.03. The Bertz CT molecular complexity index is 634. The van der Waals surface area contributed by atoms with Gasteiger partial charge in [-0.25, -0.2) is 0 Å². The molecule has 9 heteroatoms. The summed E-state index contributed by atoms with van der Waals surface area (Å²) >= 11 is 0. The van der Waals surface area contributed by atoms with Crippen LogP contribution in [-0.4, -0.2) is 49.9 Å². The van der Waals surface area contributed by atoms with E-state index in [1.54, 1.807) is 0 Å². The molecule has 3 amide bonds. The zero-order valence-corrected chi connectivity index (χ0v) is 21.0. The van der Waals surface area contributed by atoms with E-state index in [0.717, 1.165) is 12.8 Å². The first-order valence-corrected chi connectivity index (χ1v) is 12.2. The average Bonchev–Trinajstić information content (AvgIpc) is 2.78. The first-order chi connectivity index (χ1) is 16.1.